The van der Waals surface area contributed by atoms with Crippen molar-refractivity contribution in [3.8, 4) is 0 Å². The number of nitrogens with one attached hydrogen (secondary N) is 1. The number of benzene rings is 1. The van der Waals surface area contributed by atoms with Crippen LogP contribution in [-0.2, 0) is 10.0 Å². The lowest BCUT2D eigenvalue weighted by Gasteiger charge is -2.32. The standard InChI is InChI=1S/C15H22N2O2S/c1-12-2-6-15(7-3-12)20(18,19)16-13-8-10-17(11-9-13)14-4-5-14/h2-3,6-7,13-14,16H,4-5,8-11H2,1H3. The Morgan fingerprint density at radius 2 is 1.65 bits per heavy atom. The fourth-order valence-electron chi connectivity index (χ4n) is 2.83. The van der Waals surface area contributed by atoms with Crippen molar-refractivity contribution in [2.45, 2.75) is 49.6 Å². The fourth-order valence-corrected chi connectivity index (χ4v) is 4.13. The predicted molar refractivity (Wildman–Crippen MR) is 79.1 cm³/mol. The van der Waals surface area contributed by atoms with Crippen molar-refractivity contribution >= 4 is 10.0 Å². The summed E-state index contributed by atoms with van der Waals surface area (Å²) >= 11 is 0. The quantitative estimate of drug-likeness (QED) is 0.922. The Labute approximate surface area is 121 Å². The van der Waals surface area contributed by atoms with Gasteiger partial charge < -0.3 is 4.90 Å². The van der Waals surface area contributed by atoms with Crippen LogP contribution in [-0.4, -0.2) is 38.5 Å². The third-order valence-corrected chi connectivity index (χ3v) is 5.78. The molecular formula is C15H22N2O2S. The van der Waals surface area contributed by atoms with Crippen molar-refractivity contribution in [1.29, 1.82) is 0 Å². The molecule has 1 aromatic rings. The third-order valence-electron chi connectivity index (χ3n) is 4.25. The van der Waals surface area contributed by atoms with E-state index in [1.54, 1.807) is 12.1 Å². The molecule has 5 heteroatoms. The molecule has 1 aliphatic carbocycles. The van der Waals surface area contributed by atoms with Crippen molar-refractivity contribution in [2.24, 2.45) is 0 Å². The molecule has 1 aromatic carbocycles. The van der Waals surface area contributed by atoms with Crippen LogP contribution < -0.4 is 4.72 Å². The second kappa shape index (κ2) is 5.47. The van der Waals surface area contributed by atoms with E-state index < -0.39 is 10.0 Å². The molecule has 0 amide bonds. The fraction of sp³-hybridized carbons (Fsp3) is 0.600. The minimum atomic E-state index is -3.37. The van der Waals surface area contributed by atoms with Gasteiger partial charge in [-0.1, -0.05) is 17.7 Å². The predicted octanol–water partition coefficient (Wildman–Crippen LogP) is 1.90. The SMILES string of the molecule is Cc1ccc(S(=O)(=O)NC2CCN(C3CC3)CC2)cc1. The van der Waals surface area contributed by atoms with Gasteiger partial charge in [-0.05, 0) is 57.8 Å². The van der Waals surface area contributed by atoms with E-state index in [1.807, 2.05) is 19.1 Å². The van der Waals surface area contributed by atoms with Gasteiger partial charge >= 0.3 is 0 Å². The number of likely N-dealkylation sites (tertiary alicyclic amines) is 1. The highest BCUT2D eigenvalue weighted by molar-refractivity contribution is 7.89. The monoisotopic (exact) mass is 294 g/mol. The van der Waals surface area contributed by atoms with Gasteiger partial charge in [0.25, 0.3) is 0 Å². The molecule has 0 atom stereocenters. The molecular weight excluding hydrogens is 272 g/mol. The van der Waals surface area contributed by atoms with E-state index in [0.717, 1.165) is 37.5 Å². The number of aryl methyl sites for hydroxylation is 1. The smallest absolute Gasteiger partial charge is 0.240 e. The number of hydrogen-bond acceptors (Lipinski definition) is 3. The van der Waals surface area contributed by atoms with E-state index in [2.05, 4.69) is 9.62 Å². The van der Waals surface area contributed by atoms with Crippen LogP contribution in [0.15, 0.2) is 29.2 Å². The number of rotatable bonds is 4. The summed E-state index contributed by atoms with van der Waals surface area (Å²) in [6, 6.07) is 7.89. The zero-order valence-electron chi connectivity index (χ0n) is 11.9. The lowest BCUT2D eigenvalue weighted by molar-refractivity contribution is 0.199. The van der Waals surface area contributed by atoms with Crippen molar-refractivity contribution in [2.75, 3.05) is 13.1 Å². The average Bonchev–Trinajstić information content (AvgIpc) is 3.24. The van der Waals surface area contributed by atoms with Crippen LogP contribution in [0.3, 0.4) is 0 Å². The molecule has 1 saturated heterocycles. The van der Waals surface area contributed by atoms with Crippen molar-refractivity contribution in [3.63, 3.8) is 0 Å². The largest absolute Gasteiger partial charge is 0.300 e. The molecule has 0 radical (unpaired) electrons. The van der Waals surface area contributed by atoms with Gasteiger partial charge in [0.15, 0.2) is 0 Å². The highest BCUT2D eigenvalue weighted by Gasteiger charge is 2.32. The molecule has 2 aliphatic rings. The lowest BCUT2D eigenvalue weighted by atomic mass is 10.1. The Hall–Kier alpha value is -0.910. The minimum absolute atomic E-state index is 0.0799. The minimum Gasteiger partial charge on any atom is -0.300 e. The van der Waals surface area contributed by atoms with E-state index in [4.69, 9.17) is 0 Å². The first-order valence-corrected chi connectivity index (χ1v) is 8.86. The first-order valence-electron chi connectivity index (χ1n) is 7.38. The average molecular weight is 294 g/mol. The summed E-state index contributed by atoms with van der Waals surface area (Å²) in [5, 5.41) is 0. The Morgan fingerprint density at radius 1 is 1.05 bits per heavy atom. The molecule has 3 rings (SSSR count). The molecule has 2 fully saturated rings. The van der Waals surface area contributed by atoms with Gasteiger partial charge in [0.05, 0.1) is 4.90 Å². The topological polar surface area (TPSA) is 49.4 Å². The summed E-state index contributed by atoms with van der Waals surface area (Å²) < 4.78 is 27.5. The van der Waals surface area contributed by atoms with Crippen LogP contribution in [0.1, 0.15) is 31.2 Å². The molecule has 20 heavy (non-hydrogen) atoms. The highest BCUT2D eigenvalue weighted by Crippen LogP contribution is 2.29. The third kappa shape index (κ3) is 3.22. The van der Waals surface area contributed by atoms with E-state index in [-0.39, 0.29) is 6.04 Å². The van der Waals surface area contributed by atoms with Gasteiger partial charge in [0.1, 0.15) is 0 Å². The summed E-state index contributed by atoms with van der Waals surface area (Å²) in [4.78, 5) is 2.86. The molecule has 0 aromatic heterocycles. The normalized spacial score (nSPS) is 22.1. The summed E-state index contributed by atoms with van der Waals surface area (Å²) in [6.07, 6.45) is 4.47. The van der Waals surface area contributed by atoms with Gasteiger partial charge in [-0.2, -0.15) is 0 Å². The molecule has 1 heterocycles. The van der Waals surface area contributed by atoms with Crippen LogP contribution in [0, 0.1) is 6.92 Å². The zero-order valence-corrected chi connectivity index (χ0v) is 12.7. The maximum Gasteiger partial charge on any atom is 0.240 e. The maximum absolute atomic E-state index is 12.3. The van der Waals surface area contributed by atoms with Crippen LogP contribution in [0.5, 0.6) is 0 Å². The number of piperidine rings is 1. The second-order valence-electron chi connectivity index (χ2n) is 5.98. The molecule has 1 saturated carbocycles. The highest BCUT2D eigenvalue weighted by atomic mass is 32.2. The Morgan fingerprint density at radius 3 is 2.20 bits per heavy atom. The Bertz CT molecular complexity index is 556. The maximum atomic E-state index is 12.3. The first kappa shape index (κ1) is 14.0. The summed E-state index contributed by atoms with van der Waals surface area (Å²) in [6.45, 7) is 3.99. The number of sulfonamides is 1. The molecule has 4 nitrogen and oxygen atoms in total. The van der Waals surface area contributed by atoms with Crippen LogP contribution in [0.4, 0.5) is 0 Å². The van der Waals surface area contributed by atoms with Crippen LogP contribution in [0.2, 0.25) is 0 Å². The van der Waals surface area contributed by atoms with Gasteiger partial charge in [0, 0.05) is 12.1 Å². The molecule has 0 spiro atoms. The zero-order chi connectivity index (χ0) is 14.2. The first-order chi connectivity index (χ1) is 9.54. The van der Waals surface area contributed by atoms with E-state index in [1.165, 1.54) is 12.8 Å². The van der Waals surface area contributed by atoms with E-state index in [0.29, 0.717) is 4.90 Å². The van der Waals surface area contributed by atoms with Gasteiger partial charge in [0.2, 0.25) is 10.0 Å². The molecule has 0 unspecified atom stereocenters. The molecule has 110 valence electrons. The van der Waals surface area contributed by atoms with Crippen LogP contribution in [0.25, 0.3) is 0 Å². The molecule has 1 N–H and O–H groups in total. The Kier molecular flexibility index (Phi) is 3.84. The van der Waals surface area contributed by atoms with E-state index in [9.17, 15) is 8.42 Å². The van der Waals surface area contributed by atoms with E-state index >= 15 is 0 Å². The van der Waals surface area contributed by atoms with Gasteiger partial charge in [-0.25, -0.2) is 13.1 Å². The van der Waals surface area contributed by atoms with Crippen molar-refractivity contribution < 1.29 is 8.42 Å². The van der Waals surface area contributed by atoms with Gasteiger partial charge in [-0.3, -0.25) is 0 Å². The van der Waals surface area contributed by atoms with Crippen molar-refractivity contribution in [3.05, 3.63) is 29.8 Å². The second-order valence-corrected chi connectivity index (χ2v) is 7.69. The number of hydrogen-bond donors (Lipinski definition) is 1. The Balaban J connectivity index is 1.60. The lowest BCUT2D eigenvalue weighted by Crippen LogP contribution is -2.45. The van der Waals surface area contributed by atoms with Crippen LogP contribution >= 0.6 is 0 Å². The number of nitrogens with zero attached hydrogens (tertiary/aromatic N) is 1. The van der Waals surface area contributed by atoms with Crippen molar-refractivity contribution in [1.82, 2.24) is 9.62 Å². The molecule has 1 aliphatic heterocycles. The molecule has 0 bridgehead atoms. The summed E-state index contributed by atoms with van der Waals surface area (Å²) in [5.74, 6) is 0. The summed E-state index contributed by atoms with van der Waals surface area (Å²) in [5.41, 5.74) is 1.07. The summed E-state index contributed by atoms with van der Waals surface area (Å²) in [7, 11) is -3.37. The van der Waals surface area contributed by atoms with Gasteiger partial charge in [-0.15, -0.1) is 0 Å².